The molecule has 0 saturated carbocycles. The highest BCUT2D eigenvalue weighted by Gasteiger charge is 2.27. The summed E-state index contributed by atoms with van der Waals surface area (Å²) in [5.74, 6) is 3.08. The molecule has 35 heteroatoms. The number of H-pyrrole nitrogens is 5. The summed E-state index contributed by atoms with van der Waals surface area (Å²) >= 11 is 1.85. The van der Waals surface area contributed by atoms with E-state index in [9.17, 15) is 23.6 Å². The van der Waals surface area contributed by atoms with Gasteiger partial charge in [-0.15, -0.1) is 11.8 Å². The van der Waals surface area contributed by atoms with Gasteiger partial charge in [-0.2, -0.15) is 0 Å². The molecule has 12 N–H and O–H groups in total. The summed E-state index contributed by atoms with van der Waals surface area (Å²) < 4.78 is 45.8. The lowest BCUT2D eigenvalue weighted by Gasteiger charge is -2.32. The molecule has 0 unspecified atom stereocenters. The Morgan fingerprint density at radius 3 is 1.52 bits per heavy atom. The average molecular weight is 1510 g/mol. The largest absolute Gasteiger partial charge is 0.491 e. The maximum atomic E-state index is 14.0. The highest BCUT2D eigenvalue weighted by Crippen LogP contribution is 2.41. The van der Waals surface area contributed by atoms with Crippen molar-refractivity contribution in [2.45, 2.75) is 50.8 Å². The predicted molar refractivity (Wildman–Crippen MR) is 416 cm³/mol. The van der Waals surface area contributed by atoms with E-state index in [1.165, 1.54) is 30.9 Å². The zero-order valence-corrected chi connectivity index (χ0v) is 62.2. The van der Waals surface area contributed by atoms with E-state index >= 15 is 0 Å². The molecule has 0 radical (unpaired) electrons. The van der Waals surface area contributed by atoms with Gasteiger partial charge in [0.25, 0.3) is 0 Å². The smallest absolute Gasteiger partial charge is 0.411 e. The van der Waals surface area contributed by atoms with E-state index in [0.717, 1.165) is 139 Å². The highest BCUT2D eigenvalue weighted by atomic mass is 32.2. The molecule has 10 heterocycles. The Labute approximate surface area is 633 Å². The number of nitrogens with one attached hydrogen (secondary N) is 10. The number of carbonyl (C=O) groups is 4. The summed E-state index contributed by atoms with van der Waals surface area (Å²) in [6.07, 6.45) is 18.2. The standard InChI is InChI=1S/C16H21N5O2.C15H19N5OS.2C15H18N4O3.C13H14FN5O/c1-3-21(16(22)17-2)13-4-5-15-14(8-13)20(6-7-23-15)10-12-9-18-11-19-12;1-16-15(21)19(2)12-3-4-14-13(7-12)20(5-6-22-14)9-11-8-17-10-18-11;1-21-15(20)18-11-3-4-14-13(7-11)19(5-2-6-22-14)9-12-8-16-10-17-12;1-21-15(20)18-11-2-3-14-13(8-11)19(6-7-22-14)5-4-12-9-16-10-17-12;14-10-3-8(13(15)16)4-11-12(10)20-2-1-19(11)6-9-5-17-7-18-9/h4-5,8-9,11H,3,6-7,10H2,1-2H3,(H,17,22)(H,18,19);3-4,7-8,10H,5-6,9H2,1-2H3,(H,16,21)(H,17,18);3-4,7-8,10H,2,5-6,9H2,1H3,(H,16,17)(H,18,20);2-3,8-10H,4-7H2,1H3,(H,16,17)(H,18,20);3-5,7H,1-2,6H2,(H3,15,16)(H,17,18). The molecular formula is C74H90FN23O10S. The van der Waals surface area contributed by atoms with Gasteiger partial charge in [0.1, 0.15) is 42.9 Å². The van der Waals surface area contributed by atoms with E-state index in [4.69, 9.17) is 30.1 Å². The maximum Gasteiger partial charge on any atom is 0.411 e. The van der Waals surface area contributed by atoms with Gasteiger partial charge in [0, 0.05) is 129 Å². The van der Waals surface area contributed by atoms with E-state index < -0.39 is 18.0 Å². The summed E-state index contributed by atoms with van der Waals surface area (Å²) in [5.41, 5.74) is 18.7. The first-order valence-electron chi connectivity index (χ1n) is 35.2. The van der Waals surface area contributed by atoms with Crippen LogP contribution in [0.25, 0.3) is 0 Å². The summed E-state index contributed by atoms with van der Waals surface area (Å²) in [6.45, 7) is 12.7. The van der Waals surface area contributed by atoms with Crippen LogP contribution in [-0.2, 0) is 42.1 Å². The fraction of sp³-hybridized carbons (Fsp3) is 0.324. The Hall–Kier alpha value is -12.8. The third-order valence-electron chi connectivity index (χ3n) is 17.9. The molecule has 6 amide bonds. The Morgan fingerprint density at radius 2 is 1.01 bits per heavy atom. The average Bonchev–Trinajstić information content (AvgIpc) is 1.71. The quantitative estimate of drug-likeness (QED) is 0.0298. The number of thioether (sulfide) groups is 1. The second kappa shape index (κ2) is 37.9. The zero-order chi connectivity index (χ0) is 76.6. The molecule has 574 valence electrons. The number of urea groups is 2. The number of nitrogens with zero attached hydrogens (tertiary/aromatic N) is 12. The first-order chi connectivity index (χ1) is 53.1. The predicted octanol–water partition coefficient (Wildman–Crippen LogP) is 9.91. The molecule has 5 aliphatic heterocycles. The van der Waals surface area contributed by atoms with Gasteiger partial charge in [0.05, 0.1) is 149 Å². The highest BCUT2D eigenvalue weighted by molar-refractivity contribution is 7.99. The number of benzene rings is 5. The number of aromatic amines is 5. The van der Waals surface area contributed by atoms with Crippen LogP contribution in [0.1, 0.15) is 47.4 Å². The first-order valence-corrected chi connectivity index (χ1v) is 36.2. The van der Waals surface area contributed by atoms with Crippen molar-refractivity contribution in [1.29, 1.82) is 5.41 Å². The number of halogens is 1. The van der Waals surface area contributed by atoms with Crippen LogP contribution in [-0.4, -0.2) is 193 Å². The van der Waals surface area contributed by atoms with Crippen LogP contribution in [0.3, 0.4) is 0 Å². The fourth-order valence-corrected chi connectivity index (χ4v) is 13.4. The van der Waals surface area contributed by atoms with Gasteiger partial charge in [-0.25, -0.2) is 48.5 Å². The van der Waals surface area contributed by atoms with Crippen molar-refractivity contribution in [3.63, 3.8) is 0 Å². The normalized spacial score (nSPS) is 13.5. The summed E-state index contributed by atoms with van der Waals surface area (Å²) in [4.78, 5) is 97.7. The molecule has 0 spiro atoms. The van der Waals surface area contributed by atoms with Crippen molar-refractivity contribution in [1.82, 2.24) is 60.5 Å². The third-order valence-corrected chi connectivity index (χ3v) is 18.9. The second-order valence-corrected chi connectivity index (χ2v) is 26.1. The molecular weight excluding hydrogens is 1420 g/mol. The molecule has 109 heavy (non-hydrogen) atoms. The lowest BCUT2D eigenvalue weighted by Crippen LogP contribution is -2.38. The van der Waals surface area contributed by atoms with Crippen molar-refractivity contribution < 1.29 is 52.0 Å². The van der Waals surface area contributed by atoms with Crippen LogP contribution < -0.4 is 80.2 Å². The molecule has 0 aliphatic carbocycles. The van der Waals surface area contributed by atoms with E-state index in [-0.39, 0.29) is 23.6 Å². The molecule has 0 bridgehead atoms. The van der Waals surface area contributed by atoms with Gasteiger partial charge >= 0.3 is 24.2 Å². The number of rotatable bonds is 17. The minimum Gasteiger partial charge on any atom is -0.491 e. The SMILES string of the molecule is CCN(C(=O)NC)c1ccc2c(c1)N(Cc1cnc[nH]1)CCO2.CNC(=O)N(C)c1ccc2c(c1)N(Cc1cnc[nH]1)CCS2.COC(=O)Nc1ccc2c(c1)N(CCc1cnc[nH]1)CCO2.COC(=O)Nc1ccc2c(c1)N(Cc1cnc[nH]1)CCCO2.N=C(N)c1cc(F)c2c(c1)N(Cc1cnc[nH]1)CCO2. The number of carbonyl (C=O) groups excluding carboxylic acids is 4. The number of methoxy groups -OCH3 is 2. The van der Waals surface area contributed by atoms with Crippen molar-refractivity contribution in [3.05, 3.63) is 187 Å². The topological polar surface area (TPSA) is 388 Å². The lowest BCUT2D eigenvalue weighted by molar-refractivity contribution is 0.186. The first kappa shape index (κ1) is 77.3. The number of aromatic nitrogens is 10. The zero-order valence-electron chi connectivity index (χ0n) is 61.4. The number of anilines is 9. The molecule has 33 nitrogen and oxygen atoms in total. The van der Waals surface area contributed by atoms with Crippen LogP contribution >= 0.6 is 11.8 Å². The van der Waals surface area contributed by atoms with Crippen LogP contribution in [0, 0.1) is 11.2 Å². The molecule has 0 fully saturated rings. The van der Waals surface area contributed by atoms with Gasteiger partial charge < -0.3 is 94.2 Å². The lowest BCUT2D eigenvalue weighted by atomic mass is 10.1. The number of imidazole rings is 5. The van der Waals surface area contributed by atoms with E-state index in [1.54, 1.807) is 87.0 Å². The second-order valence-electron chi connectivity index (χ2n) is 24.9. The van der Waals surface area contributed by atoms with E-state index in [1.807, 2.05) is 96.9 Å². The van der Waals surface area contributed by atoms with Gasteiger partial charge in [0.15, 0.2) is 11.6 Å². The summed E-state index contributed by atoms with van der Waals surface area (Å²) in [7, 11) is 7.73. The molecule has 5 aliphatic rings. The number of nitrogens with two attached hydrogens (primary N) is 1. The Kier molecular flexibility index (Phi) is 26.9. The summed E-state index contributed by atoms with van der Waals surface area (Å²) in [5, 5.41) is 18.1. The number of fused-ring (bicyclic) bond motifs is 5. The van der Waals surface area contributed by atoms with Crippen LogP contribution in [0.2, 0.25) is 0 Å². The molecule has 0 atom stereocenters. The Bertz CT molecular complexity index is 4590. The molecule has 10 aromatic rings. The molecule has 0 saturated heterocycles. The number of amidine groups is 1. The molecule has 15 rings (SSSR count). The number of amides is 6. The van der Waals surface area contributed by atoms with Crippen molar-refractivity contribution in [3.8, 4) is 23.0 Å². The molecule has 5 aromatic heterocycles. The Balaban J connectivity index is 0.000000135. The van der Waals surface area contributed by atoms with Crippen LogP contribution in [0.4, 0.5) is 74.8 Å². The molecule has 5 aromatic carbocycles. The number of hydrogen-bond acceptors (Lipinski definition) is 22. The van der Waals surface area contributed by atoms with Gasteiger partial charge in [0.2, 0.25) is 0 Å². The van der Waals surface area contributed by atoms with Crippen molar-refractivity contribution in [2.24, 2.45) is 5.73 Å². The minimum absolute atomic E-state index is 0.121. The van der Waals surface area contributed by atoms with Gasteiger partial charge in [-0.05, 0) is 98.3 Å². The van der Waals surface area contributed by atoms with Gasteiger partial charge in [-0.1, -0.05) is 0 Å². The minimum atomic E-state index is -0.498. The van der Waals surface area contributed by atoms with Crippen molar-refractivity contribution in [2.75, 3.05) is 158 Å². The van der Waals surface area contributed by atoms with Crippen molar-refractivity contribution >= 4 is 93.0 Å². The van der Waals surface area contributed by atoms with Crippen LogP contribution in [0.5, 0.6) is 23.0 Å². The number of ether oxygens (including phenoxy) is 6. The fourth-order valence-electron chi connectivity index (χ4n) is 12.3. The third kappa shape index (κ3) is 20.6. The Morgan fingerprint density at radius 1 is 0.550 bits per heavy atom. The van der Waals surface area contributed by atoms with E-state index in [0.29, 0.717) is 75.2 Å². The maximum absolute atomic E-state index is 14.0. The number of hydrogen-bond donors (Lipinski definition) is 11. The number of nitrogen functional groups attached to an aromatic ring is 1. The monoisotopic (exact) mass is 1510 g/mol. The van der Waals surface area contributed by atoms with Crippen LogP contribution in [0.15, 0.2) is 152 Å². The van der Waals surface area contributed by atoms with E-state index in [2.05, 4.69) is 112 Å². The van der Waals surface area contributed by atoms with Gasteiger partial charge in [-0.3, -0.25) is 25.8 Å². The summed E-state index contributed by atoms with van der Waals surface area (Å²) in [6, 6.07) is 25.8.